The van der Waals surface area contributed by atoms with E-state index in [1.807, 2.05) is 19.1 Å². The fraction of sp³-hybridized carbons (Fsp3) is 0.417. The van der Waals surface area contributed by atoms with Crippen LogP contribution in [0.15, 0.2) is 18.2 Å². The summed E-state index contributed by atoms with van der Waals surface area (Å²) < 4.78 is 13.7. The van der Waals surface area contributed by atoms with Crippen molar-refractivity contribution >= 4 is 22.0 Å². The molecule has 0 radical (unpaired) electrons. The summed E-state index contributed by atoms with van der Waals surface area (Å²) >= 11 is 0. The van der Waals surface area contributed by atoms with Gasteiger partial charge < -0.3 is 4.90 Å². The highest BCUT2D eigenvalue weighted by Crippen LogP contribution is 2.25. The number of nitrogens with zero attached hydrogens (tertiary/aromatic N) is 1. The van der Waals surface area contributed by atoms with Gasteiger partial charge in [0.25, 0.3) is 0 Å². The number of halogens is 1. The van der Waals surface area contributed by atoms with E-state index in [4.69, 9.17) is 0 Å². The maximum Gasteiger partial charge on any atom is 0.146 e. The molecule has 0 aliphatic carbocycles. The summed E-state index contributed by atoms with van der Waals surface area (Å²) in [6.07, 6.45) is 0. The van der Waals surface area contributed by atoms with Crippen molar-refractivity contribution in [1.82, 2.24) is 0 Å². The van der Waals surface area contributed by atoms with Crippen molar-refractivity contribution in [3.63, 3.8) is 0 Å². The van der Waals surface area contributed by atoms with Gasteiger partial charge in [0.15, 0.2) is 0 Å². The molecule has 0 aromatic heterocycles. The van der Waals surface area contributed by atoms with E-state index in [1.54, 1.807) is 6.07 Å². The van der Waals surface area contributed by atoms with E-state index >= 15 is 0 Å². The molecule has 1 saturated heterocycles. The smallest absolute Gasteiger partial charge is 0.146 e. The molecule has 1 aromatic rings. The number of anilines is 1. The summed E-state index contributed by atoms with van der Waals surface area (Å²) in [5, 5.41) is 0. The van der Waals surface area contributed by atoms with Crippen molar-refractivity contribution in [2.24, 2.45) is 0 Å². The van der Waals surface area contributed by atoms with Crippen LogP contribution in [0.4, 0.5) is 10.1 Å². The summed E-state index contributed by atoms with van der Waals surface area (Å²) in [7, 11) is 0.290. The van der Waals surface area contributed by atoms with Gasteiger partial charge in [-0.15, -0.1) is 0 Å². The van der Waals surface area contributed by atoms with Crippen LogP contribution in [-0.4, -0.2) is 30.5 Å². The summed E-state index contributed by atoms with van der Waals surface area (Å²) in [6.45, 7) is 3.79. The maximum absolute atomic E-state index is 13.7. The summed E-state index contributed by atoms with van der Waals surface area (Å²) in [5.74, 6) is 6.15. The van der Waals surface area contributed by atoms with E-state index in [0.717, 1.165) is 35.8 Å². The van der Waals surface area contributed by atoms with Crippen LogP contribution in [0.5, 0.6) is 0 Å². The van der Waals surface area contributed by atoms with E-state index in [-0.39, 0.29) is 5.82 Å². The lowest BCUT2D eigenvalue weighted by Crippen LogP contribution is -2.34. The van der Waals surface area contributed by atoms with E-state index < -0.39 is 0 Å². The Morgan fingerprint density at radius 1 is 1.33 bits per heavy atom. The van der Waals surface area contributed by atoms with Gasteiger partial charge in [-0.1, -0.05) is 11.9 Å². The Labute approximate surface area is 92.8 Å². The van der Waals surface area contributed by atoms with Gasteiger partial charge in [0, 0.05) is 24.6 Å². The first-order chi connectivity index (χ1) is 7.16. The second-order valence-corrected chi connectivity index (χ2v) is 6.00. The Hall–Kier alpha value is -0.830. The van der Waals surface area contributed by atoms with Crippen LogP contribution >= 0.6 is 10.5 Å². The van der Waals surface area contributed by atoms with E-state index in [0.29, 0.717) is 10.5 Å². The lowest BCUT2D eigenvalue weighted by atomic mass is 10.2. The van der Waals surface area contributed by atoms with Gasteiger partial charge in [-0.3, -0.25) is 0 Å². The van der Waals surface area contributed by atoms with Crippen LogP contribution in [0.2, 0.25) is 0 Å². The molecule has 1 aliphatic rings. The average Bonchev–Trinajstić information content (AvgIpc) is 2.20. The fourth-order valence-electron chi connectivity index (χ4n) is 1.80. The zero-order valence-corrected chi connectivity index (χ0v) is 9.82. The van der Waals surface area contributed by atoms with Crippen molar-refractivity contribution < 1.29 is 4.39 Å². The molecule has 2 rings (SSSR count). The topological polar surface area (TPSA) is 3.24 Å². The minimum atomic E-state index is -0.0964. The number of benzene rings is 1. The molecule has 0 atom stereocenters. The minimum Gasteiger partial charge on any atom is -0.368 e. The summed E-state index contributed by atoms with van der Waals surface area (Å²) in [4.78, 5) is 2.13. The zero-order valence-electron chi connectivity index (χ0n) is 9.00. The number of rotatable bonds is 1. The van der Waals surface area contributed by atoms with Crippen molar-refractivity contribution in [2.75, 3.05) is 29.5 Å². The fourth-order valence-corrected chi connectivity index (χ4v) is 2.96. The molecule has 1 heterocycles. The first kappa shape index (κ1) is 10.7. The van der Waals surface area contributed by atoms with Crippen LogP contribution in [0.25, 0.3) is 0 Å². The molecule has 15 heavy (non-hydrogen) atoms. The highest BCUT2D eigenvalue weighted by Gasteiger charge is 2.15. The van der Waals surface area contributed by atoms with Crippen LogP contribution in [0, 0.1) is 12.7 Å². The highest BCUT2D eigenvalue weighted by molar-refractivity contribution is 8.14. The molecule has 3 heteroatoms. The number of aryl methyl sites for hydroxylation is 1. The Balaban J connectivity index is 2.19. The molecule has 1 nitrogen and oxygen atoms in total. The molecule has 0 spiro atoms. The lowest BCUT2D eigenvalue weighted by molar-refractivity contribution is 0.618. The molecule has 0 bridgehead atoms. The standard InChI is InChI=1S/C12H16FNS/c1-10-3-4-12(11(13)9-10)14-5-7-15(2)8-6-14/h3-4,9H,2,5-8H2,1H3. The molecule has 1 fully saturated rings. The zero-order chi connectivity index (χ0) is 10.8. The summed E-state index contributed by atoms with van der Waals surface area (Å²) in [6, 6.07) is 5.46. The molecule has 0 amide bonds. The Morgan fingerprint density at radius 2 is 2.00 bits per heavy atom. The second kappa shape index (κ2) is 4.35. The Morgan fingerprint density at radius 3 is 2.60 bits per heavy atom. The normalized spacial score (nSPS) is 18.1. The van der Waals surface area contributed by atoms with Gasteiger partial charge >= 0.3 is 0 Å². The molecule has 82 valence electrons. The largest absolute Gasteiger partial charge is 0.368 e. The highest BCUT2D eigenvalue weighted by atomic mass is 32.2. The van der Waals surface area contributed by atoms with Gasteiger partial charge in [0.1, 0.15) is 5.82 Å². The third-order valence-corrected chi connectivity index (χ3v) is 4.26. The average molecular weight is 225 g/mol. The van der Waals surface area contributed by atoms with Gasteiger partial charge in [-0.05, 0) is 24.6 Å². The van der Waals surface area contributed by atoms with Gasteiger partial charge in [0.05, 0.1) is 5.69 Å². The molecule has 1 aliphatic heterocycles. The predicted molar refractivity (Wildman–Crippen MR) is 67.8 cm³/mol. The van der Waals surface area contributed by atoms with Crippen molar-refractivity contribution in [3.05, 3.63) is 29.6 Å². The first-order valence-electron chi connectivity index (χ1n) is 5.15. The van der Waals surface area contributed by atoms with Crippen molar-refractivity contribution in [2.45, 2.75) is 6.92 Å². The predicted octanol–water partition coefficient (Wildman–Crippen LogP) is 2.66. The quantitative estimate of drug-likeness (QED) is 0.664. The molecule has 0 unspecified atom stereocenters. The molecular formula is C12H16FNS. The van der Waals surface area contributed by atoms with Crippen molar-refractivity contribution in [1.29, 1.82) is 0 Å². The number of hydrogen-bond donors (Lipinski definition) is 0. The molecule has 0 saturated carbocycles. The minimum absolute atomic E-state index is 0.0964. The van der Waals surface area contributed by atoms with Gasteiger partial charge in [0.2, 0.25) is 0 Å². The Kier molecular flexibility index (Phi) is 3.10. The number of hydrogen-bond acceptors (Lipinski definition) is 1. The van der Waals surface area contributed by atoms with Crippen molar-refractivity contribution in [3.8, 4) is 0 Å². The van der Waals surface area contributed by atoms with Crippen LogP contribution in [-0.2, 0) is 0 Å². The van der Waals surface area contributed by atoms with Gasteiger partial charge in [-0.25, -0.2) is 4.39 Å². The van der Waals surface area contributed by atoms with E-state index in [1.165, 1.54) is 0 Å². The molecule has 1 aromatic carbocycles. The third-order valence-electron chi connectivity index (χ3n) is 2.74. The maximum atomic E-state index is 13.7. The van der Waals surface area contributed by atoms with Crippen LogP contribution in [0.1, 0.15) is 5.56 Å². The van der Waals surface area contributed by atoms with Crippen LogP contribution < -0.4 is 4.90 Å². The van der Waals surface area contributed by atoms with Crippen LogP contribution in [0.3, 0.4) is 0 Å². The third kappa shape index (κ3) is 2.40. The lowest BCUT2D eigenvalue weighted by Gasteiger charge is -2.30. The summed E-state index contributed by atoms with van der Waals surface area (Å²) in [5.41, 5.74) is 1.72. The van der Waals surface area contributed by atoms with E-state index in [9.17, 15) is 4.39 Å². The Bertz CT molecular complexity index is 379. The molecular weight excluding hydrogens is 209 g/mol. The first-order valence-corrected chi connectivity index (χ1v) is 6.88. The monoisotopic (exact) mass is 225 g/mol. The van der Waals surface area contributed by atoms with E-state index in [2.05, 4.69) is 10.8 Å². The van der Waals surface area contributed by atoms with Gasteiger partial charge in [-0.2, -0.15) is 10.5 Å². The SMILES string of the molecule is C=S1CCN(c2ccc(C)cc2F)CC1. The second-order valence-electron chi connectivity index (χ2n) is 3.96. The molecule has 0 N–H and O–H groups in total.